The van der Waals surface area contributed by atoms with Crippen LogP contribution < -0.4 is 21.5 Å². The number of nitrogens with zero attached hydrogens (tertiary/aromatic N) is 5. The highest BCUT2D eigenvalue weighted by atomic mass is 19.1. The van der Waals surface area contributed by atoms with E-state index in [1.54, 1.807) is 55.3 Å². The molecule has 1 amide bonds. The predicted octanol–water partition coefficient (Wildman–Crippen LogP) is 3.85. The minimum Gasteiger partial charge on any atom is -0.464 e. The normalized spacial score (nSPS) is 16.1. The van der Waals surface area contributed by atoms with Crippen LogP contribution in [0.1, 0.15) is 34.3 Å². The number of anilines is 1. The van der Waals surface area contributed by atoms with E-state index >= 15 is 4.39 Å². The highest BCUT2D eigenvalue weighted by Gasteiger charge is 2.31. The maximum Gasteiger partial charge on any atom is 0.335 e. The number of rotatable bonds is 10. The minimum absolute atomic E-state index is 0. The van der Waals surface area contributed by atoms with Gasteiger partial charge in [0.25, 0.3) is 11.5 Å². The quantitative estimate of drug-likeness (QED) is 0.167. The maximum absolute atomic E-state index is 15.7. The molecule has 1 N–H and O–H groups in total. The van der Waals surface area contributed by atoms with Crippen LogP contribution in [0.3, 0.4) is 0 Å². The highest BCUT2D eigenvalue weighted by molar-refractivity contribution is 5.99. The summed E-state index contributed by atoms with van der Waals surface area (Å²) in [5.41, 5.74) is 0.891. The van der Waals surface area contributed by atoms with Crippen molar-refractivity contribution in [3.63, 3.8) is 0 Å². The minimum atomic E-state index is -1.22. The lowest BCUT2D eigenvalue weighted by Crippen LogP contribution is -2.47. The van der Waals surface area contributed by atoms with Crippen LogP contribution in [-0.2, 0) is 27.7 Å². The Balaban J connectivity index is 0.00000271. The topological polar surface area (TPSA) is 138 Å². The second-order valence-corrected chi connectivity index (χ2v) is 13.0. The van der Waals surface area contributed by atoms with Gasteiger partial charge < -0.3 is 19.7 Å². The number of carbonyl (C=O) groups is 2. The van der Waals surface area contributed by atoms with Crippen molar-refractivity contribution in [2.45, 2.75) is 38.3 Å². The third-order valence-corrected chi connectivity index (χ3v) is 9.56. The molecule has 0 bridgehead atoms. The summed E-state index contributed by atoms with van der Waals surface area (Å²) in [6.07, 6.45) is 6.28. The van der Waals surface area contributed by atoms with E-state index in [-0.39, 0.29) is 46.2 Å². The van der Waals surface area contributed by atoms with Crippen molar-refractivity contribution in [3.05, 3.63) is 104 Å². The average Bonchev–Trinajstić information content (AvgIpc) is 3.98. The van der Waals surface area contributed by atoms with Gasteiger partial charge in [0, 0.05) is 43.5 Å². The predicted molar refractivity (Wildman–Crippen MR) is 191 cm³/mol. The Kier molecular flexibility index (Phi) is 11.6. The van der Waals surface area contributed by atoms with Crippen LogP contribution in [0.25, 0.3) is 27.5 Å². The molecule has 12 nitrogen and oxygen atoms in total. The molecule has 53 heavy (non-hydrogen) atoms. The largest absolute Gasteiger partial charge is 0.464 e. The molecule has 2 aliphatic rings. The molecule has 1 aliphatic heterocycles. The zero-order valence-corrected chi connectivity index (χ0v) is 28.9. The van der Waals surface area contributed by atoms with Crippen LogP contribution in [0, 0.1) is 18.7 Å². The van der Waals surface area contributed by atoms with Gasteiger partial charge in [-0.25, -0.2) is 22.9 Å². The molecule has 2 fully saturated rings. The second-order valence-electron chi connectivity index (χ2n) is 13.0. The molecule has 7 rings (SSSR count). The van der Waals surface area contributed by atoms with Crippen LogP contribution in [0.15, 0.2) is 70.6 Å². The molecule has 0 unspecified atom stereocenters. The summed E-state index contributed by atoms with van der Waals surface area (Å²) in [6, 6.07) is 9.25. The van der Waals surface area contributed by atoms with Gasteiger partial charge in [0.05, 0.1) is 59.7 Å². The number of aromatic nitrogens is 4. The van der Waals surface area contributed by atoms with Gasteiger partial charge in [-0.1, -0.05) is 12.1 Å². The molecule has 280 valence electrons. The van der Waals surface area contributed by atoms with Crippen LogP contribution >= 0.6 is 0 Å². The number of ether oxygens (including phenoxy) is 2. The number of benzene rings is 2. The smallest absolute Gasteiger partial charge is 0.335 e. The molecular formula is C37H38F4N6O6. The second kappa shape index (κ2) is 15.9. The van der Waals surface area contributed by atoms with Crippen molar-refractivity contribution in [2.75, 3.05) is 37.9 Å². The zero-order chi connectivity index (χ0) is 35.8. The number of carbonyl (C=O) groups excluding carboxylic acids is 2. The molecule has 0 spiro atoms. The number of morpholine rings is 1. The summed E-state index contributed by atoms with van der Waals surface area (Å²) in [5, 5.41) is 3.53. The number of hydrogen-bond acceptors (Lipinski definition) is 9. The van der Waals surface area contributed by atoms with Crippen molar-refractivity contribution >= 4 is 39.4 Å². The third-order valence-electron chi connectivity index (χ3n) is 9.56. The standard InChI is InChI=1S/C37H36F2N6O6.2FH/c1-21-14-24(44-12-13-50-20-25(44)17-38)16-28(39)32(21)34(46)42-29(36(48)51-19-22-5-6-22)15-23-7-8-30(33-26(23)4-3-10-41-33)45-35(47)27-9-11-40-18-31(27)43(2)37(45)49;;/h3-4,7-11,14,16,18,22,25,29H,5-6,12-13,15,17,19-20H2,1-2H3,(H,42,46);2*1H/t25-,29-;;/m0../s1. The Hall–Kier alpha value is -5.64. The fourth-order valence-corrected chi connectivity index (χ4v) is 6.61. The zero-order valence-electron chi connectivity index (χ0n) is 28.9. The molecule has 1 saturated carbocycles. The number of halogens is 4. The lowest BCUT2D eigenvalue weighted by atomic mass is 9.99. The van der Waals surface area contributed by atoms with Gasteiger partial charge in [0.15, 0.2) is 0 Å². The van der Waals surface area contributed by atoms with Crippen LogP contribution in [-0.4, -0.2) is 76.1 Å². The molecule has 4 heterocycles. The van der Waals surface area contributed by atoms with E-state index in [4.69, 9.17) is 9.47 Å². The van der Waals surface area contributed by atoms with E-state index in [0.29, 0.717) is 51.8 Å². The number of alkyl halides is 1. The van der Waals surface area contributed by atoms with Gasteiger partial charge >= 0.3 is 11.7 Å². The number of nitrogens with one attached hydrogen (secondary N) is 1. The van der Waals surface area contributed by atoms with E-state index in [2.05, 4.69) is 15.3 Å². The number of fused-ring (bicyclic) bond motifs is 2. The molecular weight excluding hydrogens is 700 g/mol. The van der Waals surface area contributed by atoms with Crippen LogP contribution in [0.2, 0.25) is 0 Å². The number of esters is 1. The van der Waals surface area contributed by atoms with Gasteiger partial charge in [0.2, 0.25) is 0 Å². The summed E-state index contributed by atoms with van der Waals surface area (Å²) >= 11 is 0. The molecule has 1 saturated heterocycles. The molecule has 1 aliphatic carbocycles. The van der Waals surface area contributed by atoms with Crippen molar-refractivity contribution < 1.29 is 37.3 Å². The first-order valence-corrected chi connectivity index (χ1v) is 16.8. The monoisotopic (exact) mass is 738 g/mol. The molecule has 2 atom stereocenters. The summed E-state index contributed by atoms with van der Waals surface area (Å²) in [4.78, 5) is 64.6. The highest BCUT2D eigenvalue weighted by Crippen LogP contribution is 2.30. The molecule has 3 aromatic heterocycles. The van der Waals surface area contributed by atoms with Crippen LogP contribution in [0.4, 0.5) is 23.9 Å². The Morgan fingerprint density at radius 1 is 1.09 bits per heavy atom. The van der Waals surface area contributed by atoms with E-state index in [1.807, 2.05) is 0 Å². The van der Waals surface area contributed by atoms with E-state index in [0.717, 1.165) is 17.4 Å². The number of hydrogen-bond donors (Lipinski definition) is 1. The van der Waals surface area contributed by atoms with Crippen molar-refractivity contribution in [3.8, 4) is 5.69 Å². The Labute approximate surface area is 300 Å². The van der Waals surface area contributed by atoms with Gasteiger partial charge in [-0.2, -0.15) is 0 Å². The Morgan fingerprint density at radius 3 is 2.62 bits per heavy atom. The average molecular weight is 739 g/mol. The maximum atomic E-state index is 15.7. The lowest BCUT2D eigenvalue weighted by Gasteiger charge is -2.36. The van der Waals surface area contributed by atoms with Crippen molar-refractivity contribution in [1.29, 1.82) is 0 Å². The van der Waals surface area contributed by atoms with Gasteiger partial charge in [-0.15, -0.1) is 0 Å². The molecule has 5 aromatic rings. The van der Waals surface area contributed by atoms with E-state index in [1.165, 1.54) is 29.2 Å². The number of aryl methyl sites for hydroxylation is 2. The summed E-state index contributed by atoms with van der Waals surface area (Å²) in [6.45, 7) is 2.02. The first-order valence-electron chi connectivity index (χ1n) is 16.8. The molecule has 2 aromatic carbocycles. The summed E-state index contributed by atoms with van der Waals surface area (Å²) in [7, 11) is 1.55. The molecule has 16 heteroatoms. The SMILES string of the molecule is Cc1cc(N2CCOC[C@@H]2CF)cc(F)c1C(=O)N[C@@H](Cc1ccc(-n2c(=O)c3ccncc3n(C)c2=O)c2ncccc12)C(=O)OCC1CC1.F.F. The van der Waals surface area contributed by atoms with E-state index < -0.39 is 47.7 Å². The van der Waals surface area contributed by atoms with Crippen molar-refractivity contribution in [2.24, 2.45) is 13.0 Å². The van der Waals surface area contributed by atoms with Gasteiger partial charge in [-0.05, 0) is 67.1 Å². The Morgan fingerprint density at radius 2 is 1.89 bits per heavy atom. The fourth-order valence-electron chi connectivity index (χ4n) is 6.61. The first kappa shape index (κ1) is 38.6. The van der Waals surface area contributed by atoms with Crippen LogP contribution in [0.5, 0.6) is 0 Å². The molecule has 0 radical (unpaired) electrons. The van der Waals surface area contributed by atoms with Crippen molar-refractivity contribution in [1.82, 2.24) is 24.4 Å². The van der Waals surface area contributed by atoms with E-state index in [9.17, 15) is 23.6 Å². The lowest BCUT2D eigenvalue weighted by molar-refractivity contribution is -0.146. The fraction of sp³-hybridized carbons (Fsp3) is 0.351. The summed E-state index contributed by atoms with van der Waals surface area (Å²) < 4.78 is 42.7. The third kappa shape index (κ3) is 7.49. The summed E-state index contributed by atoms with van der Waals surface area (Å²) in [5.74, 6) is -2.05. The number of pyridine rings is 2. The first-order chi connectivity index (χ1) is 24.7. The van der Waals surface area contributed by atoms with Gasteiger partial charge in [0.1, 0.15) is 18.5 Å². The Bertz CT molecular complexity index is 2270. The van der Waals surface area contributed by atoms with Gasteiger partial charge in [-0.3, -0.25) is 33.5 Å². The number of amides is 1.